The Morgan fingerprint density at radius 3 is 2.42 bits per heavy atom. The minimum Gasteiger partial charge on any atom is -0.506 e. The number of aliphatic hydroxyl groups excluding tert-OH is 1. The lowest BCUT2D eigenvalue weighted by Crippen LogP contribution is -2.14. The van der Waals surface area contributed by atoms with E-state index >= 15 is 0 Å². The van der Waals surface area contributed by atoms with Crippen LogP contribution in [0.2, 0.25) is 10.0 Å². The number of benzene rings is 3. The maximum Gasteiger partial charge on any atom is 0.344 e. The number of halogens is 2. The first-order valence-electron chi connectivity index (χ1n) is 12.3. The zero-order valence-corrected chi connectivity index (χ0v) is 24.0. The zero-order valence-electron chi connectivity index (χ0n) is 21.6. The molecule has 0 fully saturated rings. The number of esters is 1. The molecule has 3 aromatic carbocycles. The Hall–Kier alpha value is -3.72. The Kier molecular flexibility index (Phi) is 9.93. The molecule has 0 saturated carbocycles. The smallest absolute Gasteiger partial charge is 0.344 e. The van der Waals surface area contributed by atoms with E-state index in [2.05, 4.69) is 4.99 Å². The Morgan fingerprint density at radius 1 is 0.950 bits per heavy atom. The average molecular weight is 599 g/mol. The summed E-state index contributed by atoms with van der Waals surface area (Å²) in [7, 11) is 0. The van der Waals surface area contributed by atoms with Gasteiger partial charge in [-0.2, -0.15) is 0 Å². The molecular formula is C30H25Cl2NO6S. The molecule has 7 nitrogen and oxygen atoms in total. The topological polar surface area (TPSA) is 94.4 Å². The van der Waals surface area contributed by atoms with Crippen molar-refractivity contribution in [1.82, 2.24) is 0 Å². The second-order valence-electron chi connectivity index (χ2n) is 8.31. The Bertz CT molecular complexity index is 1520. The molecule has 0 atom stereocenters. The second kappa shape index (κ2) is 13.6. The van der Waals surface area contributed by atoms with Crippen LogP contribution in [0.4, 0.5) is 0 Å². The molecule has 1 aliphatic rings. The highest BCUT2D eigenvalue weighted by Crippen LogP contribution is 2.40. The molecule has 1 heterocycles. The lowest BCUT2D eigenvalue weighted by atomic mass is 10.1. The van der Waals surface area contributed by atoms with Crippen LogP contribution in [0.3, 0.4) is 0 Å². The third-order valence-corrected chi connectivity index (χ3v) is 7.16. The van der Waals surface area contributed by atoms with Gasteiger partial charge in [0, 0.05) is 21.2 Å². The van der Waals surface area contributed by atoms with Gasteiger partial charge < -0.3 is 19.3 Å². The number of aliphatic hydroxyl groups is 1. The van der Waals surface area contributed by atoms with Crippen LogP contribution in [0.5, 0.6) is 11.5 Å². The molecule has 0 aliphatic carbocycles. The Labute approximate surface area is 246 Å². The lowest BCUT2D eigenvalue weighted by Gasteiger charge is -2.13. The van der Waals surface area contributed by atoms with Gasteiger partial charge in [0.25, 0.3) is 5.91 Å². The van der Waals surface area contributed by atoms with E-state index < -0.39 is 11.9 Å². The van der Waals surface area contributed by atoms with E-state index in [1.807, 2.05) is 6.92 Å². The number of hydrogen-bond donors (Lipinski definition) is 1. The molecule has 0 unspecified atom stereocenters. The summed E-state index contributed by atoms with van der Waals surface area (Å²) in [5.74, 6) is -0.655. The Morgan fingerprint density at radius 2 is 1.73 bits per heavy atom. The van der Waals surface area contributed by atoms with Gasteiger partial charge in [-0.3, -0.25) is 4.79 Å². The van der Waals surface area contributed by atoms with Crippen molar-refractivity contribution in [1.29, 1.82) is 0 Å². The number of carbonyl (C=O) groups is 2. The van der Waals surface area contributed by atoms with Crippen molar-refractivity contribution in [3.63, 3.8) is 0 Å². The normalized spacial score (nSPS) is 15.0. The van der Waals surface area contributed by atoms with Gasteiger partial charge in [-0.1, -0.05) is 65.3 Å². The number of hydrogen-bond acceptors (Lipinski definition) is 7. The first-order valence-corrected chi connectivity index (χ1v) is 13.9. The SMILES string of the molecule is CCOC(=O)C1=C(O)/C(=C\c2ccc(OCc3ccc(Cl)cc3Cl)c(OCC)c2)SC1=NC(=O)c1ccccc1. The van der Waals surface area contributed by atoms with E-state index in [9.17, 15) is 14.7 Å². The van der Waals surface area contributed by atoms with E-state index in [1.165, 1.54) is 0 Å². The van der Waals surface area contributed by atoms with Crippen molar-refractivity contribution in [3.8, 4) is 11.5 Å². The molecule has 10 heteroatoms. The van der Waals surface area contributed by atoms with Crippen molar-refractivity contribution in [3.05, 3.63) is 110 Å². The molecule has 4 rings (SSSR count). The molecule has 0 radical (unpaired) electrons. The monoisotopic (exact) mass is 597 g/mol. The molecule has 0 aromatic heterocycles. The number of thioether (sulfide) groups is 1. The first-order chi connectivity index (χ1) is 19.3. The van der Waals surface area contributed by atoms with Gasteiger partial charge in [-0.25, -0.2) is 9.79 Å². The quantitative estimate of drug-likeness (QED) is 0.253. The summed E-state index contributed by atoms with van der Waals surface area (Å²) in [6.45, 7) is 4.20. The highest BCUT2D eigenvalue weighted by Gasteiger charge is 2.34. The summed E-state index contributed by atoms with van der Waals surface area (Å²) in [6.07, 6.45) is 1.66. The van der Waals surface area contributed by atoms with Crippen LogP contribution in [-0.2, 0) is 16.1 Å². The predicted molar refractivity (Wildman–Crippen MR) is 158 cm³/mol. The number of nitrogens with zero attached hydrogens (tertiary/aromatic N) is 1. The van der Waals surface area contributed by atoms with E-state index in [-0.39, 0.29) is 29.6 Å². The van der Waals surface area contributed by atoms with Gasteiger partial charge in [0.1, 0.15) is 23.0 Å². The summed E-state index contributed by atoms with van der Waals surface area (Å²) < 4.78 is 16.9. The number of aliphatic imine (C=N–C) groups is 1. The summed E-state index contributed by atoms with van der Waals surface area (Å²) in [6, 6.07) is 18.9. The fourth-order valence-electron chi connectivity index (χ4n) is 3.68. The molecule has 40 heavy (non-hydrogen) atoms. The average Bonchev–Trinajstić information content (AvgIpc) is 3.23. The van der Waals surface area contributed by atoms with Gasteiger partial charge in [-0.15, -0.1) is 0 Å². The molecule has 0 bridgehead atoms. The number of ether oxygens (including phenoxy) is 3. The minimum atomic E-state index is -0.768. The van der Waals surface area contributed by atoms with E-state index in [0.717, 1.165) is 17.3 Å². The summed E-state index contributed by atoms with van der Waals surface area (Å²) in [5.41, 5.74) is 1.62. The van der Waals surface area contributed by atoms with Crippen molar-refractivity contribution >= 4 is 58.0 Å². The largest absolute Gasteiger partial charge is 0.506 e. The molecule has 3 aromatic rings. The van der Waals surface area contributed by atoms with E-state index in [1.54, 1.807) is 79.7 Å². The zero-order chi connectivity index (χ0) is 28.6. The summed E-state index contributed by atoms with van der Waals surface area (Å²) >= 11 is 13.2. The Balaban J connectivity index is 1.63. The van der Waals surface area contributed by atoms with E-state index in [0.29, 0.717) is 44.2 Å². The van der Waals surface area contributed by atoms with Crippen LogP contribution in [0.1, 0.15) is 35.3 Å². The fraction of sp³-hybridized carbons (Fsp3) is 0.167. The summed E-state index contributed by atoms with van der Waals surface area (Å²) in [5, 5.41) is 12.0. The molecule has 0 saturated heterocycles. The third-order valence-electron chi connectivity index (χ3n) is 5.56. The maximum atomic E-state index is 12.7. The molecule has 0 spiro atoms. The van der Waals surface area contributed by atoms with Crippen LogP contribution in [-0.4, -0.2) is 35.2 Å². The van der Waals surface area contributed by atoms with Gasteiger partial charge >= 0.3 is 5.97 Å². The molecule has 1 amide bonds. The van der Waals surface area contributed by atoms with Crippen molar-refractivity contribution < 1.29 is 28.9 Å². The fourth-order valence-corrected chi connectivity index (χ4v) is 5.15. The van der Waals surface area contributed by atoms with Crippen molar-refractivity contribution in [2.45, 2.75) is 20.5 Å². The van der Waals surface area contributed by atoms with Crippen LogP contribution in [0.25, 0.3) is 6.08 Å². The lowest BCUT2D eigenvalue weighted by molar-refractivity contribution is -0.138. The van der Waals surface area contributed by atoms with Crippen LogP contribution >= 0.6 is 35.0 Å². The molecule has 206 valence electrons. The van der Waals surface area contributed by atoms with Gasteiger partial charge in [0.15, 0.2) is 11.5 Å². The minimum absolute atomic E-state index is 0.0564. The number of carbonyl (C=O) groups excluding carboxylic acids is 2. The molecule has 1 N–H and O–H groups in total. The highest BCUT2D eigenvalue weighted by atomic mass is 35.5. The van der Waals surface area contributed by atoms with Gasteiger partial charge in [0.2, 0.25) is 0 Å². The predicted octanol–water partition coefficient (Wildman–Crippen LogP) is 7.67. The molecular weight excluding hydrogens is 573 g/mol. The standard InChI is InChI=1S/C30H25Cl2NO6S/c1-3-37-24-14-18(10-13-23(24)39-17-20-11-12-21(31)16-22(20)32)15-25-27(34)26(30(36)38-4-2)29(40-25)33-28(35)19-8-6-5-7-9-19/h5-16,34H,3-4,17H2,1-2H3/b25-15+,33-29?. The van der Waals surface area contributed by atoms with Gasteiger partial charge in [-0.05, 0) is 61.9 Å². The third kappa shape index (κ3) is 7.07. The first kappa shape index (κ1) is 29.3. The maximum absolute atomic E-state index is 12.7. The van der Waals surface area contributed by atoms with Crippen LogP contribution in [0.15, 0.2) is 88.0 Å². The second-order valence-corrected chi connectivity index (χ2v) is 10.2. The van der Waals surface area contributed by atoms with Crippen LogP contribution in [0, 0.1) is 0 Å². The van der Waals surface area contributed by atoms with Crippen LogP contribution < -0.4 is 9.47 Å². The van der Waals surface area contributed by atoms with E-state index in [4.69, 9.17) is 37.4 Å². The number of rotatable bonds is 9. The van der Waals surface area contributed by atoms with Crippen molar-refractivity contribution in [2.24, 2.45) is 4.99 Å². The van der Waals surface area contributed by atoms with Gasteiger partial charge in [0.05, 0.1) is 18.1 Å². The summed E-state index contributed by atoms with van der Waals surface area (Å²) in [4.78, 5) is 29.8. The highest BCUT2D eigenvalue weighted by molar-refractivity contribution is 8.18. The molecule has 1 aliphatic heterocycles. The van der Waals surface area contributed by atoms with Crippen molar-refractivity contribution in [2.75, 3.05) is 13.2 Å². The number of amides is 1.